The number of aromatic nitrogens is 1. The standard InChI is InChI=1S/C13H20N4O/c1-15-13(18)10-3-2-6-17(9-10)12-5-4-11(7-14)16-8-12/h4-5,8,10H,2-3,6-7,9,14H2,1H3,(H,15,18). The van der Waals surface area contributed by atoms with Crippen molar-refractivity contribution in [1.29, 1.82) is 0 Å². The Morgan fingerprint density at radius 3 is 3.06 bits per heavy atom. The van der Waals surface area contributed by atoms with Gasteiger partial charge in [0.25, 0.3) is 0 Å². The van der Waals surface area contributed by atoms with Crippen molar-refractivity contribution in [2.75, 3.05) is 25.0 Å². The molecule has 1 aliphatic rings. The normalized spacial score (nSPS) is 19.7. The highest BCUT2D eigenvalue weighted by molar-refractivity contribution is 5.79. The fourth-order valence-electron chi connectivity index (χ4n) is 2.35. The van der Waals surface area contributed by atoms with E-state index in [1.807, 2.05) is 18.3 Å². The van der Waals surface area contributed by atoms with E-state index in [0.29, 0.717) is 6.54 Å². The molecular formula is C13H20N4O. The molecule has 0 radical (unpaired) electrons. The molecule has 2 rings (SSSR count). The maximum absolute atomic E-state index is 11.7. The Labute approximate surface area is 107 Å². The Balaban J connectivity index is 2.05. The quantitative estimate of drug-likeness (QED) is 0.817. The highest BCUT2D eigenvalue weighted by atomic mass is 16.1. The van der Waals surface area contributed by atoms with Crippen LogP contribution in [0.15, 0.2) is 18.3 Å². The second-order valence-electron chi connectivity index (χ2n) is 4.61. The number of nitrogens with two attached hydrogens (primary N) is 1. The van der Waals surface area contributed by atoms with Gasteiger partial charge in [0.2, 0.25) is 5.91 Å². The molecule has 0 bridgehead atoms. The number of hydrogen-bond donors (Lipinski definition) is 2. The van der Waals surface area contributed by atoms with E-state index in [9.17, 15) is 4.79 Å². The molecule has 3 N–H and O–H groups in total. The SMILES string of the molecule is CNC(=O)C1CCCN(c2ccc(CN)nc2)C1. The molecule has 1 aromatic rings. The van der Waals surface area contributed by atoms with E-state index < -0.39 is 0 Å². The summed E-state index contributed by atoms with van der Waals surface area (Å²) in [5.74, 6) is 0.212. The molecule has 98 valence electrons. The first-order valence-electron chi connectivity index (χ1n) is 6.36. The van der Waals surface area contributed by atoms with Gasteiger partial charge in [-0.15, -0.1) is 0 Å². The zero-order valence-electron chi connectivity index (χ0n) is 10.7. The van der Waals surface area contributed by atoms with Crippen molar-refractivity contribution in [3.63, 3.8) is 0 Å². The molecule has 0 aliphatic carbocycles. The predicted octanol–water partition coefficient (Wildman–Crippen LogP) is 0.503. The lowest BCUT2D eigenvalue weighted by Gasteiger charge is -2.33. The number of amides is 1. The minimum Gasteiger partial charge on any atom is -0.369 e. The number of anilines is 1. The van der Waals surface area contributed by atoms with Crippen LogP contribution in [0, 0.1) is 5.92 Å². The fraction of sp³-hybridized carbons (Fsp3) is 0.538. The summed E-state index contributed by atoms with van der Waals surface area (Å²) in [6, 6.07) is 3.97. The maximum atomic E-state index is 11.7. The van der Waals surface area contributed by atoms with Crippen LogP contribution in [0.5, 0.6) is 0 Å². The molecule has 1 aliphatic heterocycles. The number of carbonyl (C=O) groups excluding carboxylic acids is 1. The average molecular weight is 248 g/mol. The molecule has 0 saturated carbocycles. The smallest absolute Gasteiger partial charge is 0.224 e. The van der Waals surface area contributed by atoms with Gasteiger partial charge in [-0.1, -0.05) is 0 Å². The first-order chi connectivity index (χ1) is 8.74. The predicted molar refractivity (Wildman–Crippen MR) is 71.1 cm³/mol. The van der Waals surface area contributed by atoms with Gasteiger partial charge in [-0.2, -0.15) is 0 Å². The summed E-state index contributed by atoms with van der Waals surface area (Å²) >= 11 is 0. The van der Waals surface area contributed by atoms with Crippen molar-refractivity contribution in [1.82, 2.24) is 10.3 Å². The molecule has 1 atom stereocenters. The first kappa shape index (κ1) is 12.8. The van der Waals surface area contributed by atoms with Crippen molar-refractivity contribution < 1.29 is 4.79 Å². The molecule has 1 unspecified atom stereocenters. The number of pyridine rings is 1. The Morgan fingerprint density at radius 1 is 1.61 bits per heavy atom. The summed E-state index contributed by atoms with van der Waals surface area (Å²) < 4.78 is 0. The van der Waals surface area contributed by atoms with Crippen LogP contribution in [0.25, 0.3) is 0 Å². The Kier molecular flexibility index (Phi) is 4.15. The third-order valence-corrected chi connectivity index (χ3v) is 3.42. The van der Waals surface area contributed by atoms with Gasteiger partial charge in [0.05, 0.1) is 23.5 Å². The van der Waals surface area contributed by atoms with Crippen LogP contribution in [-0.2, 0) is 11.3 Å². The number of nitrogens with zero attached hydrogens (tertiary/aromatic N) is 2. The molecule has 0 spiro atoms. The summed E-state index contributed by atoms with van der Waals surface area (Å²) in [6.45, 7) is 2.21. The molecule has 18 heavy (non-hydrogen) atoms. The summed E-state index contributed by atoms with van der Waals surface area (Å²) in [5.41, 5.74) is 7.49. The van der Waals surface area contributed by atoms with Gasteiger partial charge in [-0.25, -0.2) is 0 Å². The highest BCUT2D eigenvalue weighted by Crippen LogP contribution is 2.22. The van der Waals surface area contributed by atoms with E-state index in [-0.39, 0.29) is 11.8 Å². The number of nitrogens with one attached hydrogen (secondary N) is 1. The van der Waals surface area contributed by atoms with E-state index in [0.717, 1.165) is 37.3 Å². The fourth-order valence-corrected chi connectivity index (χ4v) is 2.35. The lowest BCUT2D eigenvalue weighted by Crippen LogP contribution is -2.42. The van der Waals surface area contributed by atoms with E-state index in [2.05, 4.69) is 15.2 Å². The summed E-state index contributed by atoms with van der Waals surface area (Å²) in [5, 5.41) is 2.73. The molecule has 5 nitrogen and oxygen atoms in total. The summed E-state index contributed by atoms with van der Waals surface area (Å²) in [7, 11) is 1.69. The lowest BCUT2D eigenvalue weighted by atomic mass is 9.97. The average Bonchev–Trinajstić information content (AvgIpc) is 2.46. The Bertz CT molecular complexity index is 404. The van der Waals surface area contributed by atoms with Crippen molar-refractivity contribution in [3.8, 4) is 0 Å². The van der Waals surface area contributed by atoms with E-state index in [4.69, 9.17) is 5.73 Å². The second kappa shape index (κ2) is 5.82. The molecule has 5 heteroatoms. The van der Waals surface area contributed by atoms with Crippen LogP contribution >= 0.6 is 0 Å². The van der Waals surface area contributed by atoms with Crippen molar-refractivity contribution >= 4 is 11.6 Å². The van der Waals surface area contributed by atoms with E-state index in [1.54, 1.807) is 7.05 Å². The molecule has 1 fully saturated rings. The van der Waals surface area contributed by atoms with Gasteiger partial charge in [0.1, 0.15) is 0 Å². The number of carbonyl (C=O) groups is 1. The molecular weight excluding hydrogens is 228 g/mol. The van der Waals surface area contributed by atoms with Gasteiger partial charge in [0, 0.05) is 26.7 Å². The third-order valence-electron chi connectivity index (χ3n) is 3.42. The van der Waals surface area contributed by atoms with E-state index >= 15 is 0 Å². The zero-order chi connectivity index (χ0) is 13.0. The highest BCUT2D eigenvalue weighted by Gasteiger charge is 2.25. The molecule has 1 amide bonds. The summed E-state index contributed by atoms with van der Waals surface area (Å²) in [6.07, 6.45) is 3.84. The minimum atomic E-state index is 0.0814. The van der Waals surface area contributed by atoms with Crippen LogP contribution < -0.4 is 16.0 Å². The van der Waals surface area contributed by atoms with Crippen LogP contribution in [0.3, 0.4) is 0 Å². The molecule has 2 heterocycles. The van der Waals surface area contributed by atoms with Crippen LogP contribution in [0.4, 0.5) is 5.69 Å². The van der Waals surface area contributed by atoms with Gasteiger partial charge < -0.3 is 16.0 Å². The Morgan fingerprint density at radius 2 is 2.44 bits per heavy atom. The van der Waals surface area contributed by atoms with Crippen molar-refractivity contribution in [3.05, 3.63) is 24.0 Å². The van der Waals surface area contributed by atoms with Gasteiger partial charge in [-0.3, -0.25) is 9.78 Å². The van der Waals surface area contributed by atoms with Crippen LogP contribution in [0.1, 0.15) is 18.5 Å². The number of hydrogen-bond acceptors (Lipinski definition) is 4. The van der Waals surface area contributed by atoms with E-state index in [1.165, 1.54) is 0 Å². The largest absolute Gasteiger partial charge is 0.369 e. The third kappa shape index (κ3) is 2.79. The first-order valence-corrected chi connectivity index (χ1v) is 6.36. The monoisotopic (exact) mass is 248 g/mol. The number of piperidine rings is 1. The molecule has 1 aromatic heterocycles. The van der Waals surface area contributed by atoms with Gasteiger partial charge in [-0.05, 0) is 25.0 Å². The van der Waals surface area contributed by atoms with Gasteiger partial charge >= 0.3 is 0 Å². The molecule has 1 saturated heterocycles. The topological polar surface area (TPSA) is 71.2 Å². The maximum Gasteiger partial charge on any atom is 0.224 e. The lowest BCUT2D eigenvalue weighted by molar-refractivity contribution is -0.124. The Hall–Kier alpha value is -1.62. The summed E-state index contributed by atoms with van der Waals surface area (Å²) in [4.78, 5) is 18.2. The zero-order valence-corrected chi connectivity index (χ0v) is 10.7. The van der Waals surface area contributed by atoms with Crippen LogP contribution in [-0.4, -0.2) is 31.0 Å². The second-order valence-corrected chi connectivity index (χ2v) is 4.61. The number of rotatable bonds is 3. The van der Waals surface area contributed by atoms with Crippen molar-refractivity contribution in [2.24, 2.45) is 11.7 Å². The van der Waals surface area contributed by atoms with Crippen LogP contribution in [0.2, 0.25) is 0 Å². The molecule has 0 aromatic carbocycles. The van der Waals surface area contributed by atoms with Gasteiger partial charge in [0.15, 0.2) is 0 Å². The minimum absolute atomic E-state index is 0.0814. The van der Waals surface area contributed by atoms with Crippen molar-refractivity contribution in [2.45, 2.75) is 19.4 Å².